The van der Waals surface area contributed by atoms with Crippen LogP contribution in [0.5, 0.6) is 0 Å². The SMILES string of the molecule is Cc1ccc(N(SC(F)(Cl)Cl)C(=O)OCC(Cl)(Cl)Cl)cc1. The number of aryl methyl sites for hydroxylation is 1. The zero-order chi connectivity index (χ0) is 16.3. The lowest BCUT2D eigenvalue weighted by Gasteiger charge is -2.24. The Labute approximate surface area is 150 Å². The van der Waals surface area contributed by atoms with Gasteiger partial charge >= 0.3 is 10.0 Å². The summed E-state index contributed by atoms with van der Waals surface area (Å²) in [5.41, 5.74) is 1.25. The van der Waals surface area contributed by atoms with Gasteiger partial charge in [0, 0.05) is 11.9 Å². The van der Waals surface area contributed by atoms with Crippen LogP contribution in [-0.2, 0) is 4.74 Å². The van der Waals surface area contributed by atoms with E-state index >= 15 is 0 Å². The van der Waals surface area contributed by atoms with E-state index in [9.17, 15) is 9.18 Å². The Balaban J connectivity index is 2.91. The van der Waals surface area contributed by atoms with Crippen molar-refractivity contribution in [1.82, 2.24) is 0 Å². The van der Waals surface area contributed by atoms with E-state index in [0.717, 1.165) is 9.87 Å². The molecule has 0 aliphatic carbocycles. The molecule has 0 spiro atoms. The number of benzene rings is 1. The normalized spacial score (nSPS) is 12.1. The molecule has 1 rings (SSSR count). The molecule has 0 aliphatic rings. The van der Waals surface area contributed by atoms with Crippen LogP contribution in [0.3, 0.4) is 0 Å². The van der Waals surface area contributed by atoms with Crippen LogP contribution >= 0.6 is 70.0 Å². The van der Waals surface area contributed by atoms with E-state index in [1.54, 1.807) is 24.3 Å². The zero-order valence-corrected chi connectivity index (χ0v) is 15.1. The van der Waals surface area contributed by atoms with E-state index < -0.39 is 20.4 Å². The van der Waals surface area contributed by atoms with E-state index in [0.29, 0.717) is 5.69 Å². The average Bonchev–Trinajstić information content (AvgIpc) is 2.32. The summed E-state index contributed by atoms with van der Waals surface area (Å²) in [5.74, 6) is 0. The predicted molar refractivity (Wildman–Crippen MR) is 88.4 cm³/mol. The van der Waals surface area contributed by atoms with Crippen molar-refractivity contribution < 1.29 is 13.9 Å². The molecule has 10 heteroatoms. The van der Waals surface area contributed by atoms with Gasteiger partial charge in [-0.1, -0.05) is 75.7 Å². The number of anilines is 1. The predicted octanol–water partition coefficient (Wildman–Crippen LogP) is 6.01. The molecule has 0 atom stereocenters. The van der Waals surface area contributed by atoms with Gasteiger partial charge in [0.15, 0.2) is 0 Å². The summed E-state index contributed by atoms with van der Waals surface area (Å²) < 4.78 is 14.5. The van der Waals surface area contributed by atoms with Crippen molar-refractivity contribution in [2.45, 2.75) is 14.6 Å². The summed E-state index contributed by atoms with van der Waals surface area (Å²) in [6.45, 7) is 1.34. The second-order valence-corrected chi connectivity index (χ2v) is 9.15. The highest BCUT2D eigenvalue weighted by Gasteiger charge is 2.33. The Morgan fingerprint density at radius 1 is 1.24 bits per heavy atom. The summed E-state index contributed by atoms with van der Waals surface area (Å²) in [7, 11) is 0. The lowest BCUT2D eigenvalue weighted by atomic mass is 10.2. The standard InChI is InChI=1S/C11H9Cl5FNO2S/c1-7-2-4-8(5-3-7)18(21-11(15,16)17)9(19)20-6-10(12,13)14/h2-5H,6H2,1H3. The highest BCUT2D eigenvalue weighted by atomic mass is 35.6. The summed E-state index contributed by atoms with van der Waals surface area (Å²) in [4.78, 5) is 12.0. The third-order valence-corrected chi connectivity index (χ3v) is 3.48. The number of carbonyl (C=O) groups excluding carboxylic acids is 1. The van der Waals surface area contributed by atoms with Crippen molar-refractivity contribution in [2.75, 3.05) is 10.9 Å². The van der Waals surface area contributed by atoms with Gasteiger partial charge in [0.2, 0.25) is 3.79 Å². The Bertz CT molecular complexity index is 489. The second kappa shape index (κ2) is 7.66. The number of hydrogen-bond acceptors (Lipinski definition) is 3. The molecule has 1 amide bonds. The lowest BCUT2D eigenvalue weighted by Crippen LogP contribution is -2.30. The van der Waals surface area contributed by atoms with Crippen molar-refractivity contribution >= 4 is 81.7 Å². The van der Waals surface area contributed by atoms with Gasteiger partial charge in [0.05, 0.1) is 5.69 Å². The van der Waals surface area contributed by atoms with E-state index in [1.165, 1.54) is 0 Å². The van der Waals surface area contributed by atoms with Crippen molar-refractivity contribution in [1.29, 1.82) is 0 Å². The van der Waals surface area contributed by atoms with Crippen LogP contribution in [-0.4, -0.2) is 20.4 Å². The van der Waals surface area contributed by atoms with Crippen molar-refractivity contribution in [3.05, 3.63) is 29.8 Å². The third kappa shape index (κ3) is 7.86. The molecule has 0 aliphatic heterocycles. The van der Waals surface area contributed by atoms with Crippen LogP contribution in [0.2, 0.25) is 0 Å². The molecule has 3 nitrogen and oxygen atoms in total. The molecule has 0 fully saturated rings. The first-order valence-electron chi connectivity index (χ1n) is 5.34. The number of ether oxygens (including phenoxy) is 1. The van der Waals surface area contributed by atoms with Gasteiger partial charge in [-0.2, -0.15) is 4.39 Å². The number of alkyl halides is 6. The van der Waals surface area contributed by atoms with E-state index in [1.807, 2.05) is 6.92 Å². The second-order valence-electron chi connectivity index (χ2n) is 3.84. The van der Waals surface area contributed by atoms with Crippen molar-refractivity contribution in [3.63, 3.8) is 0 Å². The van der Waals surface area contributed by atoms with Gasteiger partial charge in [-0.3, -0.25) is 0 Å². The van der Waals surface area contributed by atoms with Gasteiger partial charge < -0.3 is 4.74 Å². The molecule has 0 saturated carbocycles. The lowest BCUT2D eigenvalue weighted by molar-refractivity contribution is 0.160. The monoisotopic (exact) mass is 413 g/mol. The van der Waals surface area contributed by atoms with Crippen LogP contribution in [0, 0.1) is 6.92 Å². The first kappa shape index (κ1) is 19.3. The molecule has 0 N–H and O–H groups in total. The van der Waals surface area contributed by atoms with E-state index in [-0.39, 0.29) is 11.9 Å². The summed E-state index contributed by atoms with van der Waals surface area (Å²) in [6, 6.07) is 6.57. The Kier molecular flexibility index (Phi) is 7.03. The van der Waals surface area contributed by atoms with Crippen LogP contribution in [0.4, 0.5) is 14.9 Å². The minimum Gasteiger partial charge on any atom is -0.444 e. The van der Waals surface area contributed by atoms with Gasteiger partial charge in [0.1, 0.15) is 6.61 Å². The number of carbonyl (C=O) groups is 1. The molecule has 118 valence electrons. The molecule has 1 aromatic rings. The van der Waals surface area contributed by atoms with Crippen LogP contribution < -0.4 is 4.31 Å². The maximum absolute atomic E-state index is 13.4. The molecular weight excluding hydrogens is 406 g/mol. The molecule has 0 aromatic heterocycles. The average molecular weight is 416 g/mol. The fraction of sp³-hybridized carbons (Fsp3) is 0.364. The first-order valence-corrected chi connectivity index (χ1v) is 8.00. The summed E-state index contributed by atoms with van der Waals surface area (Å²) >= 11 is 27.2. The molecule has 0 bridgehead atoms. The molecule has 0 heterocycles. The van der Waals surface area contributed by atoms with Gasteiger partial charge in [-0.15, -0.1) is 0 Å². The van der Waals surface area contributed by atoms with Crippen LogP contribution in [0.1, 0.15) is 5.56 Å². The van der Waals surface area contributed by atoms with Gasteiger partial charge in [-0.05, 0) is 19.1 Å². The maximum Gasteiger partial charge on any atom is 0.424 e. The maximum atomic E-state index is 13.4. The third-order valence-electron chi connectivity index (χ3n) is 1.99. The highest BCUT2D eigenvalue weighted by Crippen LogP contribution is 2.41. The Morgan fingerprint density at radius 3 is 2.19 bits per heavy atom. The minimum absolute atomic E-state index is 0.213. The molecular formula is C11H9Cl5FNO2S. The highest BCUT2D eigenvalue weighted by molar-refractivity contribution is 8.04. The number of amides is 1. The molecule has 21 heavy (non-hydrogen) atoms. The van der Waals surface area contributed by atoms with E-state index in [4.69, 9.17) is 62.7 Å². The fourth-order valence-electron chi connectivity index (χ4n) is 1.18. The Hall–Kier alpha value is 0.220. The first-order chi connectivity index (χ1) is 9.48. The molecule has 0 unspecified atom stereocenters. The molecule has 0 radical (unpaired) electrons. The van der Waals surface area contributed by atoms with Crippen molar-refractivity contribution in [3.8, 4) is 0 Å². The number of nitrogens with zero attached hydrogens (tertiary/aromatic N) is 1. The molecule has 1 aromatic carbocycles. The van der Waals surface area contributed by atoms with Gasteiger partial charge in [0.25, 0.3) is 0 Å². The van der Waals surface area contributed by atoms with Crippen molar-refractivity contribution in [2.24, 2.45) is 0 Å². The summed E-state index contributed by atoms with van der Waals surface area (Å²) in [6.07, 6.45) is -0.974. The number of hydrogen-bond donors (Lipinski definition) is 0. The largest absolute Gasteiger partial charge is 0.444 e. The fourth-order valence-corrected chi connectivity index (χ4v) is 2.32. The quantitative estimate of drug-likeness (QED) is 0.445. The smallest absolute Gasteiger partial charge is 0.424 e. The topological polar surface area (TPSA) is 29.5 Å². The number of halogens is 6. The van der Waals surface area contributed by atoms with Crippen LogP contribution in [0.25, 0.3) is 0 Å². The number of rotatable bonds is 4. The van der Waals surface area contributed by atoms with Crippen LogP contribution in [0.15, 0.2) is 24.3 Å². The Morgan fingerprint density at radius 2 is 1.76 bits per heavy atom. The zero-order valence-electron chi connectivity index (χ0n) is 10.5. The summed E-state index contributed by atoms with van der Waals surface area (Å²) in [5, 5.41) is 0. The molecule has 0 saturated heterocycles. The van der Waals surface area contributed by atoms with E-state index in [2.05, 4.69) is 0 Å². The minimum atomic E-state index is -2.73. The van der Waals surface area contributed by atoms with Gasteiger partial charge in [-0.25, -0.2) is 9.10 Å².